The van der Waals surface area contributed by atoms with E-state index in [2.05, 4.69) is 25.3 Å². The number of hydrogen-bond acceptors (Lipinski definition) is 2. The van der Waals surface area contributed by atoms with Gasteiger partial charge in [0.2, 0.25) is 0 Å². The van der Waals surface area contributed by atoms with Gasteiger partial charge in [-0.15, -0.1) is 11.3 Å². The lowest BCUT2D eigenvalue weighted by atomic mass is 9.89. The van der Waals surface area contributed by atoms with E-state index in [4.69, 9.17) is 0 Å². The molecule has 12 heavy (non-hydrogen) atoms. The highest BCUT2D eigenvalue weighted by Gasteiger charge is 2.33. The van der Waals surface area contributed by atoms with Gasteiger partial charge in [-0.25, -0.2) is 0 Å². The average Bonchev–Trinajstić information content (AvgIpc) is 2.44. The molecule has 1 aliphatic rings. The van der Waals surface area contributed by atoms with Gasteiger partial charge in [-0.2, -0.15) is 0 Å². The van der Waals surface area contributed by atoms with Crippen LogP contribution in [0.1, 0.15) is 30.2 Å². The summed E-state index contributed by atoms with van der Waals surface area (Å²) in [5.74, 6) is 0.932. The van der Waals surface area contributed by atoms with Gasteiger partial charge in [-0.3, -0.25) is 0 Å². The van der Waals surface area contributed by atoms with Crippen molar-refractivity contribution in [2.45, 2.75) is 32.3 Å². The van der Waals surface area contributed by atoms with Crippen LogP contribution >= 0.6 is 11.3 Å². The van der Waals surface area contributed by atoms with Crippen molar-refractivity contribution in [1.29, 1.82) is 0 Å². The highest BCUT2D eigenvalue weighted by atomic mass is 32.1. The van der Waals surface area contributed by atoms with Crippen LogP contribution in [-0.2, 0) is 6.42 Å². The van der Waals surface area contributed by atoms with Crippen LogP contribution in [0, 0.1) is 5.92 Å². The third-order valence-electron chi connectivity index (χ3n) is 2.67. The molecule has 1 aromatic rings. The van der Waals surface area contributed by atoms with E-state index in [-0.39, 0.29) is 6.10 Å². The molecule has 1 heterocycles. The number of fused-ring (bicyclic) bond motifs is 1. The van der Waals surface area contributed by atoms with Crippen molar-refractivity contribution in [3.8, 4) is 0 Å². The molecule has 0 aromatic carbocycles. The minimum Gasteiger partial charge on any atom is -0.392 e. The number of thiophene rings is 1. The molecule has 0 saturated heterocycles. The summed E-state index contributed by atoms with van der Waals surface area (Å²) in [6, 6.07) is 2.17. The Labute approximate surface area is 77.0 Å². The second-order valence-corrected chi connectivity index (χ2v) is 4.84. The molecule has 0 fully saturated rings. The van der Waals surface area contributed by atoms with Crippen molar-refractivity contribution >= 4 is 11.3 Å². The quantitative estimate of drug-likeness (QED) is 0.707. The molecule has 0 aliphatic heterocycles. The van der Waals surface area contributed by atoms with Gasteiger partial charge >= 0.3 is 0 Å². The Kier molecular flexibility index (Phi) is 1.97. The summed E-state index contributed by atoms with van der Waals surface area (Å²) in [6.45, 7) is 4.36. The topological polar surface area (TPSA) is 20.2 Å². The molecule has 1 N–H and O–H groups in total. The lowest BCUT2D eigenvalue weighted by Crippen LogP contribution is -2.18. The lowest BCUT2D eigenvalue weighted by molar-refractivity contribution is 0.136. The standard InChI is InChI=1S/C10H14OS/c1-6(2)10-7-3-4-12-9(7)5-8(10)11/h3-4,6,8,10-11H,5H2,1-2H3/t8-,10+/m1/s1. The second-order valence-electron chi connectivity index (χ2n) is 3.84. The molecular formula is C10H14OS. The maximum absolute atomic E-state index is 9.78. The van der Waals surface area contributed by atoms with Crippen molar-refractivity contribution in [3.63, 3.8) is 0 Å². The number of aliphatic hydroxyl groups is 1. The van der Waals surface area contributed by atoms with Crippen LogP contribution in [0.3, 0.4) is 0 Å². The first kappa shape index (κ1) is 8.27. The van der Waals surface area contributed by atoms with Crippen molar-refractivity contribution in [3.05, 3.63) is 21.9 Å². The van der Waals surface area contributed by atoms with E-state index in [0.29, 0.717) is 11.8 Å². The summed E-state index contributed by atoms with van der Waals surface area (Å²) in [7, 11) is 0. The zero-order valence-electron chi connectivity index (χ0n) is 7.45. The first-order valence-corrected chi connectivity index (χ1v) is 5.32. The van der Waals surface area contributed by atoms with Crippen LogP contribution in [0.15, 0.2) is 11.4 Å². The first-order valence-electron chi connectivity index (χ1n) is 4.44. The molecule has 0 radical (unpaired) electrons. The van der Waals surface area contributed by atoms with Crippen molar-refractivity contribution in [2.75, 3.05) is 0 Å². The highest BCUT2D eigenvalue weighted by Crippen LogP contribution is 2.40. The predicted octanol–water partition coefficient (Wildman–Crippen LogP) is 2.40. The Morgan fingerprint density at radius 2 is 2.33 bits per heavy atom. The molecule has 1 aliphatic carbocycles. The van der Waals surface area contributed by atoms with Crippen molar-refractivity contribution in [1.82, 2.24) is 0 Å². The number of hydrogen-bond donors (Lipinski definition) is 1. The summed E-state index contributed by atoms with van der Waals surface area (Å²) >= 11 is 1.78. The summed E-state index contributed by atoms with van der Waals surface area (Å²) in [5.41, 5.74) is 1.39. The van der Waals surface area contributed by atoms with Crippen LogP contribution in [0.5, 0.6) is 0 Å². The van der Waals surface area contributed by atoms with Gasteiger partial charge in [0.15, 0.2) is 0 Å². The molecule has 1 aromatic heterocycles. The monoisotopic (exact) mass is 182 g/mol. The summed E-state index contributed by atoms with van der Waals surface area (Å²) in [5, 5.41) is 11.9. The van der Waals surface area contributed by atoms with Crippen molar-refractivity contribution in [2.24, 2.45) is 5.92 Å². The predicted molar refractivity (Wildman–Crippen MR) is 51.6 cm³/mol. The maximum atomic E-state index is 9.78. The summed E-state index contributed by atoms with van der Waals surface area (Å²) < 4.78 is 0. The molecular weight excluding hydrogens is 168 g/mol. The van der Waals surface area contributed by atoms with Gasteiger partial charge in [0.25, 0.3) is 0 Å². The van der Waals surface area contributed by atoms with Gasteiger partial charge in [0, 0.05) is 17.2 Å². The Morgan fingerprint density at radius 1 is 1.58 bits per heavy atom. The first-order chi connectivity index (χ1) is 5.70. The van der Waals surface area contributed by atoms with Crippen LogP contribution < -0.4 is 0 Å². The third kappa shape index (κ3) is 1.10. The van der Waals surface area contributed by atoms with E-state index >= 15 is 0 Å². The van der Waals surface area contributed by atoms with Crippen LogP contribution in [0.25, 0.3) is 0 Å². The summed E-state index contributed by atoms with van der Waals surface area (Å²) in [4.78, 5) is 1.39. The molecule has 0 saturated carbocycles. The number of rotatable bonds is 1. The smallest absolute Gasteiger partial charge is 0.0659 e. The van der Waals surface area contributed by atoms with Crippen LogP contribution in [0.4, 0.5) is 0 Å². The normalized spacial score (nSPS) is 28.0. The fourth-order valence-corrected chi connectivity index (χ4v) is 3.13. The molecule has 1 nitrogen and oxygen atoms in total. The second kappa shape index (κ2) is 2.86. The molecule has 0 unspecified atom stereocenters. The molecule has 0 amide bonds. The Bertz CT molecular complexity index is 277. The van der Waals surface area contributed by atoms with Crippen LogP contribution in [0.2, 0.25) is 0 Å². The highest BCUT2D eigenvalue weighted by molar-refractivity contribution is 7.10. The van der Waals surface area contributed by atoms with Gasteiger partial charge in [0.05, 0.1) is 6.10 Å². The fourth-order valence-electron chi connectivity index (χ4n) is 2.14. The average molecular weight is 182 g/mol. The summed E-state index contributed by atoms with van der Waals surface area (Å²) in [6.07, 6.45) is 0.739. The van der Waals surface area contributed by atoms with E-state index < -0.39 is 0 Å². The Hall–Kier alpha value is -0.340. The third-order valence-corrected chi connectivity index (χ3v) is 3.63. The van der Waals surface area contributed by atoms with Crippen molar-refractivity contribution < 1.29 is 5.11 Å². The van der Waals surface area contributed by atoms with E-state index in [1.807, 2.05) is 0 Å². The Balaban J connectivity index is 2.35. The van der Waals surface area contributed by atoms with E-state index in [1.165, 1.54) is 10.4 Å². The number of aliphatic hydroxyl groups excluding tert-OH is 1. The minimum absolute atomic E-state index is 0.132. The fraction of sp³-hybridized carbons (Fsp3) is 0.600. The molecule has 2 heteroatoms. The largest absolute Gasteiger partial charge is 0.392 e. The van der Waals surface area contributed by atoms with Gasteiger partial charge in [0.1, 0.15) is 0 Å². The van der Waals surface area contributed by atoms with Crippen LogP contribution in [-0.4, -0.2) is 11.2 Å². The van der Waals surface area contributed by atoms with Gasteiger partial charge in [-0.05, 0) is 22.9 Å². The molecule has 0 bridgehead atoms. The molecule has 0 spiro atoms. The zero-order chi connectivity index (χ0) is 8.72. The molecule has 2 rings (SSSR count). The lowest BCUT2D eigenvalue weighted by Gasteiger charge is -2.18. The molecule has 2 atom stereocenters. The SMILES string of the molecule is CC(C)[C@H]1c2ccsc2C[C@H]1O. The molecule has 66 valence electrons. The van der Waals surface area contributed by atoms with E-state index in [9.17, 15) is 5.11 Å². The van der Waals surface area contributed by atoms with Gasteiger partial charge in [-0.1, -0.05) is 13.8 Å². The van der Waals surface area contributed by atoms with Gasteiger partial charge < -0.3 is 5.11 Å². The minimum atomic E-state index is -0.132. The van der Waals surface area contributed by atoms with E-state index in [1.54, 1.807) is 11.3 Å². The maximum Gasteiger partial charge on any atom is 0.0659 e. The Morgan fingerprint density at radius 3 is 3.00 bits per heavy atom. The van der Waals surface area contributed by atoms with E-state index in [0.717, 1.165) is 6.42 Å². The zero-order valence-corrected chi connectivity index (χ0v) is 8.27.